The van der Waals surface area contributed by atoms with Crippen molar-refractivity contribution in [3.05, 3.63) is 34.9 Å². The highest BCUT2D eigenvalue weighted by atomic mass is 16.5. The van der Waals surface area contributed by atoms with Crippen LogP contribution in [-0.4, -0.2) is 35.2 Å². The summed E-state index contributed by atoms with van der Waals surface area (Å²) in [6.45, 7) is 1.45. The summed E-state index contributed by atoms with van der Waals surface area (Å²) < 4.78 is 11.1. The summed E-state index contributed by atoms with van der Waals surface area (Å²) in [5.74, 6) is -0.583. The third-order valence-electron chi connectivity index (χ3n) is 4.30. The molecule has 158 valence electrons. The Kier molecular flexibility index (Phi) is 5.93. The number of nitriles is 2. The zero-order valence-corrected chi connectivity index (χ0v) is 16.3. The van der Waals surface area contributed by atoms with Crippen LogP contribution in [0.2, 0.25) is 0 Å². The van der Waals surface area contributed by atoms with Crippen molar-refractivity contribution in [3.8, 4) is 23.8 Å². The van der Waals surface area contributed by atoms with Gasteiger partial charge in [-0.25, -0.2) is 14.8 Å². The zero-order chi connectivity index (χ0) is 22.5. The molecule has 2 heterocycles. The van der Waals surface area contributed by atoms with Gasteiger partial charge in [0.1, 0.15) is 29.3 Å². The Bertz CT molecular complexity index is 1150. The van der Waals surface area contributed by atoms with Gasteiger partial charge in [-0.05, 0) is 13.0 Å². The van der Waals surface area contributed by atoms with E-state index in [9.17, 15) is 10.1 Å². The molecule has 0 saturated heterocycles. The Morgan fingerprint density at radius 1 is 1.35 bits per heavy atom. The number of nitrogens with zero attached hydrogens (tertiary/aromatic N) is 4. The molecule has 0 amide bonds. The maximum absolute atomic E-state index is 11.1. The molecule has 0 spiro atoms. The Labute approximate surface area is 176 Å². The molecular weight excluding hydrogens is 404 g/mol. The number of rotatable bonds is 6. The largest absolute Gasteiger partial charge is 0.490 e. The van der Waals surface area contributed by atoms with Crippen molar-refractivity contribution in [2.45, 2.75) is 13.0 Å². The second-order valence-corrected chi connectivity index (χ2v) is 6.19. The summed E-state index contributed by atoms with van der Waals surface area (Å²) in [5, 5.41) is 32.7. The van der Waals surface area contributed by atoms with E-state index in [0.29, 0.717) is 23.5 Å². The minimum absolute atomic E-state index is 0.0218. The molecular formula is C19H18N8O4. The van der Waals surface area contributed by atoms with Crippen LogP contribution in [0.1, 0.15) is 29.7 Å². The number of aliphatic carboxylic acids is 1. The molecule has 2 aromatic rings. The molecule has 7 N–H and O–H groups in total. The van der Waals surface area contributed by atoms with Crippen LogP contribution in [0.4, 0.5) is 17.3 Å². The summed E-state index contributed by atoms with van der Waals surface area (Å²) in [6, 6.07) is 5.96. The molecule has 1 aliphatic rings. The lowest BCUT2D eigenvalue weighted by Crippen LogP contribution is -2.33. The molecule has 0 bridgehead atoms. The maximum atomic E-state index is 11.1. The van der Waals surface area contributed by atoms with Gasteiger partial charge in [-0.2, -0.15) is 10.5 Å². The van der Waals surface area contributed by atoms with Gasteiger partial charge in [-0.15, -0.1) is 0 Å². The fourth-order valence-corrected chi connectivity index (χ4v) is 3.11. The minimum atomic E-state index is -1.18. The second kappa shape index (κ2) is 8.75. The molecule has 1 unspecified atom stereocenters. The second-order valence-electron chi connectivity index (χ2n) is 6.19. The number of aliphatic imine (C=N–C) groups is 1. The van der Waals surface area contributed by atoms with Crippen molar-refractivity contribution in [1.82, 2.24) is 10.3 Å². The van der Waals surface area contributed by atoms with Crippen LogP contribution >= 0.6 is 0 Å². The van der Waals surface area contributed by atoms with Gasteiger partial charge < -0.3 is 31.4 Å². The number of hydrogen-bond donors (Lipinski definition) is 5. The predicted molar refractivity (Wildman–Crippen MR) is 110 cm³/mol. The lowest BCUT2D eigenvalue weighted by Gasteiger charge is -2.27. The van der Waals surface area contributed by atoms with Crippen molar-refractivity contribution < 1.29 is 19.4 Å². The number of fused-ring (bicyclic) bond motifs is 1. The number of ether oxygens (including phenoxy) is 2. The number of aromatic nitrogens is 1. The van der Waals surface area contributed by atoms with E-state index in [1.807, 2.05) is 6.07 Å². The number of para-hydroxylation sites is 1. The van der Waals surface area contributed by atoms with E-state index >= 15 is 0 Å². The Morgan fingerprint density at radius 2 is 2.13 bits per heavy atom. The number of pyridine rings is 1. The van der Waals surface area contributed by atoms with Gasteiger partial charge in [-0.1, -0.05) is 12.1 Å². The standard InChI is InChI=1S/C19H18N8O4/c1-2-30-11-5-3-4-9(16(11)31-7-12(28)29)15-13-14(22)10(6-20)17(23)26-18(13)27-19(25-15)24-8-21/h3-5,15H,2,7H2,1H3,(H,28,29)(H6,22,23,24,25,26,27). The Hall–Kier alpha value is -4.71. The molecule has 1 atom stereocenters. The maximum Gasteiger partial charge on any atom is 0.341 e. The molecule has 0 radical (unpaired) electrons. The highest BCUT2D eigenvalue weighted by molar-refractivity contribution is 5.98. The van der Waals surface area contributed by atoms with E-state index in [2.05, 4.69) is 20.6 Å². The summed E-state index contributed by atoms with van der Waals surface area (Å²) >= 11 is 0. The van der Waals surface area contributed by atoms with Crippen LogP contribution in [0.5, 0.6) is 11.5 Å². The van der Waals surface area contributed by atoms with Gasteiger partial charge in [0.25, 0.3) is 0 Å². The number of nitrogens with one attached hydrogen (secondary N) is 2. The van der Waals surface area contributed by atoms with Crippen LogP contribution in [0, 0.1) is 22.8 Å². The molecule has 12 heteroatoms. The van der Waals surface area contributed by atoms with Gasteiger partial charge in [-0.3, -0.25) is 5.32 Å². The van der Waals surface area contributed by atoms with Crippen LogP contribution in [-0.2, 0) is 4.79 Å². The monoisotopic (exact) mass is 422 g/mol. The van der Waals surface area contributed by atoms with Crippen LogP contribution in [0.25, 0.3) is 0 Å². The third kappa shape index (κ3) is 4.04. The number of carbonyl (C=O) groups is 1. The molecule has 1 aromatic carbocycles. The number of guanidine groups is 1. The fraction of sp³-hybridized carbons (Fsp3) is 0.211. The summed E-state index contributed by atoms with van der Waals surface area (Å²) in [5.41, 5.74) is 12.8. The van der Waals surface area contributed by atoms with Gasteiger partial charge in [0, 0.05) is 11.1 Å². The molecule has 31 heavy (non-hydrogen) atoms. The zero-order valence-electron chi connectivity index (χ0n) is 16.3. The molecule has 12 nitrogen and oxygen atoms in total. The van der Waals surface area contributed by atoms with Gasteiger partial charge in [0.2, 0.25) is 5.96 Å². The normalized spacial score (nSPS) is 14.2. The van der Waals surface area contributed by atoms with Crippen molar-refractivity contribution in [2.75, 3.05) is 30.0 Å². The number of anilines is 3. The van der Waals surface area contributed by atoms with Crippen molar-refractivity contribution in [3.63, 3.8) is 0 Å². The average molecular weight is 422 g/mol. The number of carboxylic acids is 1. The van der Waals surface area contributed by atoms with E-state index in [0.717, 1.165) is 0 Å². The molecule has 3 rings (SSSR count). The van der Waals surface area contributed by atoms with Crippen LogP contribution in [0.15, 0.2) is 23.2 Å². The molecule has 1 aliphatic heterocycles. The van der Waals surface area contributed by atoms with Crippen molar-refractivity contribution >= 4 is 29.3 Å². The molecule has 0 saturated carbocycles. The highest BCUT2D eigenvalue weighted by Crippen LogP contribution is 2.45. The molecule has 1 aromatic heterocycles. The lowest BCUT2D eigenvalue weighted by atomic mass is 9.94. The van der Waals surface area contributed by atoms with E-state index in [-0.39, 0.29) is 34.6 Å². The number of hydrogen-bond acceptors (Lipinski definition) is 11. The average Bonchev–Trinajstić information content (AvgIpc) is 2.72. The topological polar surface area (TPSA) is 205 Å². The van der Waals surface area contributed by atoms with Gasteiger partial charge in [0.15, 0.2) is 24.3 Å². The quantitative estimate of drug-likeness (QED) is 0.327. The number of benzene rings is 1. The van der Waals surface area contributed by atoms with E-state index in [1.54, 1.807) is 31.3 Å². The minimum Gasteiger partial charge on any atom is -0.490 e. The third-order valence-corrected chi connectivity index (χ3v) is 4.30. The first kappa shape index (κ1) is 21.0. The Morgan fingerprint density at radius 3 is 2.77 bits per heavy atom. The van der Waals surface area contributed by atoms with Gasteiger partial charge >= 0.3 is 5.97 Å². The summed E-state index contributed by atoms with van der Waals surface area (Å²) in [7, 11) is 0. The summed E-state index contributed by atoms with van der Waals surface area (Å²) in [6.07, 6.45) is 1.76. The van der Waals surface area contributed by atoms with E-state index < -0.39 is 18.6 Å². The SMILES string of the molecule is CCOc1cccc(C2N=C(NC#N)Nc3nc(N)c(C#N)c(N)c32)c1OCC(=O)O. The van der Waals surface area contributed by atoms with Crippen molar-refractivity contribution in [1.29, 1.82) is 10.5 Å². The van der Waals surface area contributed by atoms with Crippen LogP contribution in [0.3, 0.4) is 0 Å². The number of carboxylic acid groups (broad SMARTS) is 1. The van der Waals surface area contributed by atoms with Crippen LogP contribution < -0.4 is 31.6 Å². The first-order valence-electron chi connectivity index (χ1n) is 9.00. The summed E-state index contributed by atoms with van der Waals surface area (Å²) in [4.78, 5) is 19.8. The number of nitrogens with two attached hydrogens (primary N) is 2. The van der Waals surface area contributed by atoms with Crippen molar-refractivity contribution in [2.24, 2.45) is 4.99 Å². The fourth-order valence-electron chi connectivity index (χ4n) is 3.11. The highest BCUT2D eigenvalue weighted by Gasteiger charge is 2.32. The predicted octanol–water partition coefficient (Wildman–Crippen LogP) is 0.921. The van der Waals surface area contributed by atoms with E-state index in [1.165, 1.54) is 0 Å². The number of nitrogen functional groups attached to an aromatic ring is 2. The lowest BCUT2D eigenvalue weighted by molar-refractivity contribution is -0.139. The van der Waals surface area contributed by atoms with Gasteiger partial charge in [0.05, 0.1) is 12.3 Å². The smallest absolute Gasteiger partial charge is 0.341 e. The Balaban J connectivity index is 2.27. The first-order valence-corrected chi connectivity index (χ1v) is 9.00. The van der Waals surface area contributed by atoms with E-state index in [4.69, 9.17) is 31.3 Å². The first-order chi connectivity index (χ1) is 14.9. The molecule has 0 fully saturated rings. The molecule has 0 aliphatic carbocycles.